The number of aromatic nitrogens is 3. The van der Waals surface area contributed by atoms with E-state index < -0.39 is 0 Å². The molecule has 0 fully saturated rings. The molecule has 0 saturated carbocycles. The molecule has 24 heavy (non-hydrogen) atoms. The Labute approximate surface area is 148 Å². The van der Waals surface area contributed by atoms with Gasteiger partial charge in [0.1, 0.15) is 5.15 Å². The SMILES string of the molecule is Cc1nn(C)c(Cl)c1/C=C/C(=O)Nc1nc(-c2ccccc2)cs1. The number of thiazole rings is 1. The summed E-state index contributed by atoms with van der Waals surface area (Å²) in [5.41, 5.74) is 3.36. The Bertz CT molecular complexity index is 899. The topological polar surface area (TPSA) is 59.8 Å². The third-order valence-electron chi connectivity index (χ3n) is 3.40. The molecule has 0 aliphatic carbocycles. The molecule has 3 aromatic rings. The van der Waals surface area contributed by atoms with Gasteiger partial charge >= 0.3 is 0 Å². The molecule has 0 aliphatic rings. The van der Waals surface area contributed by atoms with Crippen molar-refractivity contribution in [3.63, 3.8) is 0 Å². The van der Waals surface area contributed by atoms with E-state index in [1.54, 1.807) is 17.8 Å². The van der Waals surface area contributed by atoms with Crippen LogP contribution in [-0.2, 0) is 11.8 Å². The maximum absolute atomic E-state index is 12.1. The number of hydrogen-bond acceptors (Lipinski definition) is 4. The van der Waals surface area contributed by atoms with E-state index in [0.29, 0.717) is 10.3 Å². The van der Waals surface area contributed by atoms with Crippen molar-refractivity contribution in [2.45, 2.75) is 6.92 Å². The largest absolute Gasteiger partial charge is 0.298 e. The van der Waals surface area contributed by atoms with Crippen LogP contribution in [0.1, 0.15) is 11.3 Å². The van der Waals surface area contributed by atoms with Crippen molar-refractivity contribution >= 4 is 40.1 Å². The number of hydrogen-bond donors (Lipinski definition) is 1. The van der Waals surface area contributed by atoms with E-state index in [2.05, 4.69) is 15.4 Å². The Morgan fingerprint density at radius 2 is 2.08 bits per heavy atom. The molecule has 1 N–H and O–H groups in total. The van der Waals surface area contributed by atoms with Crippen molar-refractivity contribution in [2.75, 3.05) is 5.32 Å². The summed E-state index contributed by atoms with van der Waals surface area (Å²) >= 11 is 7.52. The van der Waals surface area contributed by atoms with Gasteiger partial charge in [-0.25, -0.2) is 4.98 Å². The molecular formula is C17H15ClN4OS. The molecule has 2 heterocycles. The normalized spacial score (nSPS) is 11.1. The van der Waals surface area contributed by atoms with Gasteiger partial charge in [0.2, 0.25) is 5.91 Å². The smallest absolute Gasteiger partial charge is 0.250 e. The van der Waals surface area contributed by atoms with Gasteiger partial charge in [0, 0.05) is 29.6 Å². The summed E-state index contributed by atoms with van der Waals surface area (Å²) in [4.78, 5) is 16.5. The summed E-state index contributed by atoms with van der Waals surface area (Å²) in [5.74, 6) is -0.261. The van der Waals surface area contributed by atoms with Gasteiger partial charge in [-0.15, -0.1) is 11.3 Å². The van der Waals surface area contributed by atoms with Crippen molar-refractivity contribution in [1.29, 1.82) is 0 Å². The van der Waals surface area contributed by atoms with Crippen molar-refractivity contribution in [2.24, 2.45) is 7.05 Å². The number of carbonyl (C=O) groups is 1. The van der Waals surface area contributed by atoms with Crippen LogP contribution in [0.3, 0.4) is 0 Å². The van der Waals surface area contributed by atoms with Crippen LogP contribution >= 0.6 is 22.9 Å². The van der Waals surface area contributed by atoms with Crippen molar-refractivity contribution in [1.82, 2.24) is 14.8 Å². The highest BCUT2D eigenvalue weighted by atomic mass is 35.5. The van der Waals surface area contributed by atoms with Gasteiger partial charge in [0.15, 0.2) is 5.13 Å². The highest BCUT2D eigenvalue weighted by molar-refractivity contribution is 7.14. The lowest BCUT2D eigenvalue weighted by atomic mass is 10.2. The minimum atomic E-state index is -0.261. The second-order valence-corrected chi connectivity index (χ2v) is 6.36. The van der Waals surface area contributed by atoms with Gasteiger partial charge in [-0.2, -0.15) is 5.10 Å². The summed E-state index contributed by atoms with van der Waals surface area (Å²) < 4.78 is 1.57. The minimum Gasteiger partial charge on any atom is -0.298 e. The fourth-order valence-corrected chi connectivity index (χ4v) is 3.17. The monoisotopic (exact) mass is 358 g/mol. The molecule has 0 aliphatic heterocycles. The van der Waals surface area contributed by atoms with E-state index in [0.717, 1.165) is 22.5 Å². The Balaban J connectivity index is 1.69. The van der Waals surface area contributed by atoms with Crippen LogP contribution in [-0.4, -0.2) is 20.7 Å². The molecule has 7 heteroatoms. The molecule has 0 atom stereocenters. The second kappa shape index (κ2) is 6.98. The number of aryl methyl sites for hydroxylation is 2. The van der Waals surface area contributed by atoms with Gasteiger partial charge in [-0.3, -0.25) is 14.8 Å². The highest BCUT2D eigenvalue weighted by Gasteiger charge is 2.09. The summed E-state index contributed by atoms with van der Waals surface area (Å²) in [6, 6.07) is 9.82. The zero-order valence-electron chi connectivity index (χ0n) is 13.2. The molecule has 0 unspecified atom stereocenters. The average Bonchev–Trinajstić information content (AvgIpc) is 3.12. The third-order valence-corrected chi connectivity index (χ3v) is 4.61. The fraction of sp³-hybridized carbons (Fsp3) is 0.118. The van der Waals surface area contributed by atoms with E-state index >= 15 is 0 Å². The molecule has 0 spiro atoms. The second-order valence-electron chi connectivity index (χ2n) is 5.14. The molecule has 122 valence electrons. The molecule has 0 saturated heterocycles. The van der Waals surface area contributed by atoms with Crippen LogP contribution in [0.25, 0.3) is 17.3 Å². The quantitative estimate of drug-likeness (QED) is 0.712. The highest BCUT2D eigenvalue weighted by Crippen LogP contribution is 2.25. The van der Waals surface area contributed by atoms with Gasteiger partial charge in [0.25, 0.3) is 0 Å². The maximum atomic E-state index is 12.1. The Morgan fingerprint density at radius 3 is 2.75 bits per heavy atom. The van der Waals surface area contributed by atoms with Crippen LogP contribution < -0.4 is 5.32 Å². The predicted molar refractivity (Wildman–Crippen MR) is 98.2 cm³/mol. The molecule has 0 radical (unpaired) electrons. The molecule has 2 aromatic heterocycles. The lowest BCUT2D eigenvalue weighted by molar-refractivity contribution is -0.111. The van der Waals surface area contributed by atoms with E-state index in [1.165, 1.54) is 17.4 Å². The summed E-state index contributed by atoms with van der Waals surface area (Å²) in [7, 11) is 1.76. The number of nitrogens with one attached hydrogen (secondary N) is 1. The number of anilines is 1. The Kier molecular flexibility index (Phi) is 4.78. The number of halogens is 1. The maximum Gasteiger partial charge on any atom is 0.250 e. The number of benzene rings is 1. The van der Waals surface area contributed by atoms with E-state index in [1.807, 2.05) is 42.6 Å². The van der Waals surface area contributed by atoms with Crippen molar-refractivity contribution in [3.8, 4) is 11.3 Å². The van der Waals surface area contributed by atoms with Crippen LogP contribution in [0, 0.1) is 6.92 Å². The first-order chi connectivity index (χ1) is 11.5. The molecular weight excluding hydrogens is 344 g/mol. The summed E-state index contributed by atoms with van der Waals surface area (Å²) in [6.45, 7) is 1.84. The van der Waals surface area contributed by atoms with Crippen molar-refractivity contribution < 1.29 is 4.79 Å². The Hall–Kier alpha value is -2.44. The lowest BCUT2D eigenvalue weighted by Gasteiger charge is -1.97. The first kappa shape index (κ1) is 16.4. The molecule has 5 nitrogen and oxygen atoms in total. The third kappa shape index (κ3) is 3.55. The van der Waals surface area contributed by atoms with E-state index in [4.69, 9.17) is 11.6 Å². The van der Waals surface area contributed by atoms with Gasteiger partial charge < -0.3 is 0 Å². The predicted octanol–water partition coefficient (Wildman–Crippen LogP) is 4.16. The van der Waals surface area contributed by atoms with Crippen molar-refractivity contribution in [3.05, 3.63) is 58.2 Å². The number of amides is 1. The van der Waals surface area contributed by atoms with Gasteiger partial charge in [0.05, 0.1) is 11.4 Å². The lowest BCUT2D eigenvalue weighted by Crippen LogP contribution is -2.07. The van der Waals surface area contributed by atoms with Gasteiger partial charge in [-0.05, 0) is 13.0 Å². The molecule has 1 aromatic carbocycles. The zero-order valence-corrected chi connectivity index (χ0v) is 14.7. The number of rotatable bonds is 4. The van der Waals surface area contributed by atoms with E-state index in [-0.39, 0.29) is 5.91 Å². The minimum absolute atomic E-state index is 0.261. The molecule has 3 rings (SSSR count). The number of nitrogens with zero attached hydrogens (tertiary/aromatic N) is 3. The van der Waals surface area contributed by atoms with E-state index in [9.17, 15) is 4.79 Å². The average molecular weight is 359 g/mol. The zero-order chi connectivity index (χ0) is 17.1. The first-order valence-corrected chi connectivity index (χ1v) is 8.49. The molecule has 1 amide bonds. The van der Waals surface area contributed by atoms with Gasteiger partial charge in [-0.1, -0.05) is 41.9 Å². The molecule has 0 bridgehead atoms. The Morgan fingerprint density at radius 1 is 1.33 bits per heavy atom. The van der Waals surface area contributed by atoms with Crippen LogP contribution in [0.15, 0.2) is 41.8 Å². The van der Waals surface area contributed by atoms with Crippen LogP contribution in [0.4, 0.5) is 5.13 Å². The van der Waals surface area contributed by atoms with Crippen LogP contribution in [0.5, 0.6) is 0 Å². The first-order valence-electron chi connectivity index (χ1n) is 7.23. The fourth-order valence-electron chi connectivity index (χ4n) is 2.21. The summed E-state index contributed by atoms with van der Waals surface area (Å²) in [5, 5.41) is 9.92. The van der Waals surface area contributed by atoms with Crippen LogP contribution in [0.2, 0.25) is 5.15 Å². The number of carbonyl (C=O) groups excluding carboxylic acids is 1. The standard InChI is InChI=1S/C17H15ClN4OS/c1-11-13(16(18)22(2)21-11)8-9-15(23)20-17-19-14(10-24-17)12-6-4-3-5-7-12/h3-10H,1-2H3,(H,19,20,23)/b9-8+. The summed E-state index contributed by atoms with van der Waals surface area (Å²) in [6.07, 6.45) is 3.09.